The van der Waals surface area contributed by atoms with Gasteiger partial charge in [-0.2, -0.15) is 0 Å². The third-order valence-electron chi connectivity index (χ3n) is 1.19. The van der Waals surface area contributed by atoms with Gasteiger partial charge in [-0.25, -0.2) is 4.39 Å². The van der Waals surface area contributed by atoms with Gasteiger partial charge in [0.15, 0.2) is 11.6 Å². The summed E-state index contributed by atoms with van der Waals surface area (Å²) < 4.78 is 17.1. The van der Waals surface area contributed by atoms with E-state index in [0.29, 0.717) is 0 Å². The molecule has 1 rings (SSSR count). The lowest BCUT2D eigenvalue weighted by molar-refractivity contribution is 0.546. The summed E-state index contributed by atoms with van der Waals surface area (Å²) in [5.74, 6) is -0.219. The number of thiol groups is 1. The fraction of sp³-hybridized carbons (Fsp3) is 0.143. The molecule has 10 heavy (non-hydrogen) atoms. The minimum absolute atomic E-state index is 0.161. The van der Waals surface area contributed by atoms with Crippen LogP contribution in [-0.4, -0.2) is 0 Å². The minimum Gasteiger partial charge on any atom is -0.426 e. The molecule has 1 aromatic carbocycles. The fourth-order valence-corrected chi connectivity index (χ4v) is 0.828. The molecule has 0 aromatic heterocycles. The largest absolute Gasteiger partial charge is 0.426 e. The monoisotopic (exact) mass is 158 g/mol. The molecule has 0 aliphatic heterocycles. The highest BCUT2D eigenvalue weighted by molar-refractivity contribution is 7.75. The van der Waals surface area contributed by atoms with Crippen molar-refractivity contribution in [3.63, 3.8) is 0 Å². The van der Waals surface area contributed by atoms with E-state index in [2.05, 4.69) is 17.1 Å². The maximum atomic E-state index is 12.7. The number of hydrogen-bond donors (Lipinski definition) is 1. The highest BCUT2D eigenvalue weighted by atomic mass is 32.1. The van der Waals surface area contributed by atoms with Crippen molar-refractivity contribution < 1.29 is 8.57 Å². The Morgan fingerprint density at radius 1 is 1.50 bits per heavy atom. The molecule has 0 amide bonds. The van der Waals surface area contributed by atoms with Crippen molar-refractivity contribution in [3.8, 4) is 5.75 Å². The molecule has 0 aliphatic carbocycles. The van der Waals surface area contributed by atoms with Crippen LogP contribution in [0, 0.1) is 12.7 Å². The van der Waals surface area contributed by atoms with Crippen molar-refractivity contribution in [2.45, 2.75) is 6.92 Å². The van der Waals surface area contributed by atoms with Gasteiger partial charge in [-0.05, 0) is 24.6 Å². The van der Waals surface area contributed by atoms with E-state index in [9.17, 15) is 4.39 Å². The van der Waals surface area contributed by atoms with E-state index in [0.717, 1.165) is 5.56 Å². The van der Waals surface area contributed by atoms with Crippen LogP contribution in [0.3, 0.4) is 0 Å². The average Bonchev–Trinajstić information content (AvgIpc) is 1.88. The van der Waals surface area contributed by atoms with Crippen LogP contribution < -0.4 is 4.18 Å². The van der Waals surface area contributed by atoms with Crippen LogP contribution >= 0.6 is 12.9 Å². The highest BCUT2D eigenvalue weighted by Crippen LogP contribution is 2.18. The highest BCUT2D eigenvalue weighted by Gasteiger charge is 1.99. The first-order chi connectivity index (χ1) is 4.74. The molecule has 0 radical (unpaired) electrons. The molecule has 3 heteroatoms. The van der Waals surface area contributed by atoms with Gasteiger partial charge in [0.25, 0.3) is 0 Å². The van der Waals surface area contributed by atoms with Gasteiger partial charge in [0.2, 0.25) is 0 Å². The van der Waals surface area contributed by atoms with Crippen LogP contribution in [-0.2, 0) is 0 Å². The normalized spacial score (nSPS) is 9.50. The molecule has 1 nitrogen and oxygen atoms in total. The quantitative estimate of drug-likeness (QED) is 0.487. The minimum atomic E-state index is -0.380. The third-order valence-corrected chi connectivity index (χ3v) is 1.38. The maximum Gasteiger partial charge on any atom is 0.172 e. The molecule has 1 aromatic rings. The summed E-state index contributed by atoms with van der Waals surface area (Å²) in [5, 5.41) is 0. The molecular weight excluding hydrogens is 151 g/mol. The molecule has 0 fully saturated rings. The Morgan fingerprint density at radius 3 is 2.70 bits per heavy atom. The van der Waals surface area contributed by atoms with Gasteiger partial charge >= 0.3 is 0 Å². The zero-order valence-corrected chi connectivity index (χ0v) is 6.36. The van der Waals surface area contributed by atoms with Crippen molar-refractivity contribution in [3.05, 3.63) is 29.6 Å². The van der Waals surface area contributed by atoms with Crippen LogP contribution in [0.5, 0.6) is 5.75 Å². The summed E-state index contributed by atoms with van der Waals surface area (Å²) >= 11 is 3.47. The van der Waals surface area contributed by atoms with E-state index in [1.54, 1.807) is 6.07 Å². The summed E-state index contributed by atoms with van der Waals surface area (Å²) in [6, 6.07) is 4.69. The average molecular weight is 158 g/mol. The first kappa shape index (κ1) is 7.41. The van der Waals surface area contributed by atoms with Gasteiger partial charge < -0.3 is 4.18 Å². The van der Waals surface area contributed by atoms with Crippen molar-refractivity contribution in [1.29, 1.82) is 0 Å². The smallest absolute Gasteiger partial charge is 0.172 e. The molecule has 0 saturated carbocycles. The molecule has 0 aliphatic rings. The van der Waals surface area contributed by atoms with Gasteiger partial charge in [0, 0.05) is 12.9 Å². The van der Waals surface area contributed by atoms with E-state index in [1.807, 2.05) is 6.92 Å². The van der Waals surface area contributed by atoms with Gasteiger partial charge in [0.1, 0.15) is 0 Å². The maximum absolute atomic E-state index is 12.7. The van der Waals surface area contributed by atoms with Crippen LogP contribution in [0.2, 0.25) is 0 Å². The van der Waals surface area contributed by atoms with Crippen molar-refractivity contribution in [2.75, 3.05) is 0 Å². The van der Waals surface area contributed by atoms with Gasteiger partial charge in [0.05, 0.1) is 0 Å². The molecule has 0 heterocycles. The molecule has 0 saturated heterocycles. The summed E-state index contributed by atoms with van der Waals surface area (Å²) in [4.78, 5) is 0. The number of benzene rings is 1. The lowest BCUT2D eigenvalue weighted by atomic mass is 10.2. The van der Waals surface area contributed by atoms with E-state index >= 15 is 0 Å². The lowest BCUT2D eigenvalue weighted by Gasteiger charge is -1.98. The van der Waals surface area contributed by atoms with Gasteiger partial charge in [-0.3, -0.25) is 0 Å². The third kappa shape index (κ3) is 1.42. The predicted octanol–water partition coefficient (Wildman–Crippen LogP) is 2.36. The molecule has 0 atom stereocenters. The zero-order chi connectivity index (χ0) is 7.56. The second-order valence-electron chi connectivity index (χ2n) is 2.03. The SMILES string of the molecule is Cc1ccc(OS)c(F)c1. The van der Waals surface area contributed by atoms with E-state index in [-0.39, 0.29) is 11.6 Å². The lowest BCUT2D eigenvalue weighted by Crippen LogP contribution is -1.82. The summed E-state index contributed by atoms with van der Waals surface area (Å²) in [6.45, 7) is 1.81. The Bertz CT molecular complexity index is 237. The number of halogens is 1. The molecule has 0 N–H and O–H groups in total. The first-order valence-electron chi connectivity index (χ1n) is 2.81. The number of aryl methyl sites for hydroxylation is 1. The topological polar surface area (TPSA) is 9.23 Å². The fourth-order valence-electron chi connectivity index (χ4n) is 0.680. The van der Waals surface area contributed by atoms with Crippen molar-refractivity contribution in [2.24, 2.45) is 0 Å². The second kappa shape index (κ2) is 2.92. The summed E-state index contributed by atoms with van der Waals surface area (Å²) in [5.41, 5.74) is 0.867. The van der Waals surface area contributed by atoms with Crippen LogP contribution in [0.4, 0.5) is 4.39 Å². The number of hydrogen-bond acceptors (Lipinski definition) is 2. The Hall–Kier alpha value is -0.700. The molecule has 0 spiro atoms. The molecule has 0 bridgehead atoms. The molecular formula is C7H7FOS. The van der Waals surface area contributed by atoms with Crippen LogP contribution in [0.15, 0.2) is 18.2 Å². The molecule has 0 unspecified atom stereocenters. The van der Waals surface area contributed by atoms with Gasteiger partial charge in [-0.15, -0.1) is 0 Å². The van der Waals surface area contributed by atoms with Crippen molar-refractivity contribution >= 4 is 12.9 Å². The first-order valence-corrected chi connectivity index (χ1v) is 3.18. The van der Waals surface area contributed by atoms with E-state index in [1.165, 1.54) is 12.1 Å². The van der Waals surface area contributed by atoms with Crippen LogP contribution in [0.1, 0.15) is 5.56 Å². The van der Waals surface area contributed by atoms with Gasteiger partial charge in [-0.1, -0.05) is 6.07 Å². The number of rotatable bonds is 1. The predicted molar refractivity (Wildman–Crippen MR) is 40.8 cm³/mol. The summed E-state index contributed by atoms with van der Waals surface area (Å²) in [7, 11) is 0. The molecule has 54 valence electrons. The Labute approximate surface area is 64.4 Å². The Kier molecular flexibility index (Phi) is 2.17. The van der Waals surface area contributed by atoms with Crippen molar-refractivity contribution in [1.82, 2.24) is 0 Å². The Balaban J connectivity index is 3.07. The van der Waals surface area contributed by atoms with E-state index in [4.69, 9.17) is 0 Å². The van der Waals surface area contributed by atoms with E-state index < -0.39 is 0 Å². The summed E-state index contributed by atoms with van der Waals surface area (Å²) in [6.07, 6.45) is 0. The zero-order valence-electron chi connectivity index (χ0n) is 5.47. The standard InChI is InChI=1S/C7H7FOS/c1-5-2-3-7(9-10)6(8)4-5/h2-4,10H,1H3. The van der Waals surface area contributed by atoms with Crippen LogP contribution in [0.25, 0.3) is 0 Å². The second-order valence-corrected chi connectivity index (χ2v) is 2.21. The Morgan fingerprint density at radius 2 is 2.20 bits per heavy atom.